The van der Waals surface area contributed by atoms with Crippen LogP contribution >= 0.6 is 0 Å². The van der Waals surface area contributed by atoms with Gasteiger partial charge < -0.3 is 15.1 Å². The van der Waals surface area contributed by atoms with E-state index in [-0.39, 0.29) is 17.4 Å². The summed E-state index contributed by atoms with van der Waals surface area (Å²) in [5.74, 6) is -0.466. The van der Waals surface area contributed by atoms with Crippen molar-refractivity contribution in [2.24, 2.45) is 0 Å². The van der Waals surface area contributed by atoms with Gasteiger partial charge in [0.25, 0.3) is 11.8 Å². The van der Waals surface area contributed by atoms with Crippen LogP contribution in [-0.2, 0) is 10.0 Å². The van der Waals surface area contributed by atoms with Gasteiger partial charge in [-0.3, -0.25) is 9.59 Å². The number of nitrogens with one attached hydrogen (secondary N) is 2. The number of amides is 2. The molecule has 152 valence electrons. The summed E-state index contributed by atoms with van der Waals surface area (Å²) in [4.78, 5) is 24.5. The Morgan fingerprint density at radius 3 is 2.57 bits per heavy atom. The minimum Gasteiger partial charge on any atom is -0.459 e. The van der Waals surface area contributed by atoms with Crippen molar-refractivity contribution in [1.29, 1.82) is 0 Å². The zero-order chi connectivity index (χ0) is 20.7. The van der Waals surface area contributed by atoms with Crippen LogP contribution in [0.5, 0.6) is 0 Å². The number of rotatable bonds is 9. The van der Waals surface area contributed by atoms with Crippen molar-refractivity contribution in [1.82, 2.24) is 9.62 Å². The summed E-state index contributed by atoms with van der Waals surface area (Å²) >= 11 is 0. The number of benzene rings is 1. The second-order valence-electron chi connectivity index (χ2n) is 6.29. The van der Waals surface area contributed by atoms with Gasteiger partial charge >= 0.3 is 0 Å². The van der Waals surface area contributed by atoms with Crippen molar-refractivity contribution in [2.45, 2.75) is 20.3 Å². The van der Waals surface area contributed by atoms with Crippen molar-refractivity contribution in [3.63, 3.8) is 0 Å². The van der Waals surface area contributed by atoms with E-state index in [1.54, 1.807) is 37.3 Å². The van der Waals surface area contributed by atoms with E-state index >= 15 is 0 Å². The highest BCUT2D eigenvalue weighted by atomic mass is 32.2. The number of hydrogen-bond acceptors (Lipinski definition) is 5. The van der Waals surface area contributed by atoms with E-state index < -0.39 is 15.9 Å². The van der Waals surface area contributed by atoms with Crippen molar-refractivity contribution >= 4 is 27.5 Å². The first kappa shape index (κ1) is 21.6. The molecule has 0 aliphatic heterocycles. The Labute approximate surface area is 165 Å². The predicted octanol–water partition coefficient (Wildman–Crippen LogP) is 2.24. The molecule has 0 saturated carbocycles. The lowest BCUT2D eigenvalue weighted by Gasteiger charge is -2.16. The minimum atomic E-state index is -3.22. The van der Waals surface area contributed by atoms with Crippen molar-refractivity contribution in [3.05, 3.63) is 53.5 Å². The normalized spacial score (nSPS) is 11.4. The maximum absolute atomic E-state index is 12.3. The van der Waals surface area contributed by atoms with E-state index in [1.807, 2.05) is 6.92 Å². The number of furan rings is 1. The Morgan fingerprint density at radius 2 is 1.93 bits per heavy atom. The average molecular weight is 407 g/mol. The fourth-order valence-electron chi connectivity index (χ4n) is 2.45. The van der Waals surface area contributed by atoms with Crippen LogP contribution in [-0.4, -0.2) is 50.4 Å². The van der Waals surface area contributed by atoms with Crippen LogP contribution in [0.25, 0.3) is 0 Å². The SMILES string of the molecule is CCS(=O)(=O)N(C)CCCNC(=O)c1ccc(C)c(NC(=O)c2ccco2)c1. The van der Waals surface area contributed by atoms with Crippen LogP contribution < -0.4 is 10.6 Å². The van der Waals surface area contributed by atoms with E-state index in [0.29, 0.717) is 30.8 Å². The maximum Gasteiger partial charge on any atom is 0.291 e. The lowest BCUT2D eigenvalue weighted by molar-refractivity contribution is 0.0950. The van der Waals surface area contributed by atoms with Crippen molar-refractivity contribution in [3.8, 4) is 0 Å². The molecule has 1 aromatic carbocycles. The number of aryl methyl sites for hydroxylation is 1. The van der Waals surface area contributed by atoms with Gasteiger partial charge in [0.05, 0.1) is 12.0 Å². The highest BCUT2D eigenvalue weighted by Crippen LogP contribution is 2.18. The van der Waals surface area contributed by atoms with Gasteiger partial charge in [-0.2, -0.15) is 0 Å². The highest BCUT2D eigenvalue weighted by Gasteiger charge is 2.15. The lowest BCUT2D eigenvalue weighted by Crippen LogP contribution is -2.32. The summed E-state index contributed by atoms with van der Waals surface area (Å²) < 4.78 is 29.7. The van der Waals surface area contributed by atoms with Gasteiger partial charge in [0.15, 0.2) is 5.76 Å². The largest absolute Gasteiger partial charge is 0.459 e. The van der Waals surface area contributed by atoms with E-state index in [0.717, 1.165) is 5.56 Å². The molecule has 28 heavy (non-hydrogen) atoms. The van der Waals surface area contributed by atoms with Gasteiger partial charge in [-0.25, -0.2) is 12.7 Å². The molecule has 1 heterocycles. The van der Waals surface area contributed by atoms with Crippen LogP contribution in [0.15, 0.2) is 41.0 Å². The number of carbonyl (C=O) groups excluding carboxylic acids is 2. The first-order valence-corrected chi connectivity index (χ1v) is 10.5. The topological polar surface area (TPSA) is 109 Å². The Balaban J connectivity index is 1.92. The number of carbonyl (C=O) groups is 2. The number of nitrogens with zero attached hydrogens (tertiary/aromatic N) is 1. The van der Waals surface area contributed by atoms with Gasteiger partial charge in [0.2, 0.25) is 10.0 Å². The van der Waals surface area contributed by atoms with E-state index in [2.05, 4.69) is 10.6 Å². The second kappa shape index (κ2) is 9.52. The standard InChI is InChI=1S/C19H25N3O5S/c1-4-28(25,26)22(3)11-6-10-20-18(23)15-9-8-14(2)16(13-15)21-19(24)17-7-5-12-27-17/h5,7-9,12-13H,4,6,10-11H2,1-3H3,(H,20,23)(H,21,24). The fraction of sp³-hybridized carbons (Fsp3) is 0.368. The summed E-state index contributed by atoms with van der Waals surface area (Å²) in [6.07, 6.45) is 1.91. The maximum atomic E-state index is 12.3. The van der Waals surface area contributed by atoms with E-state index in [4.69, 9.17) is 4.42 Å². The summed E-state index contributed by atoms with van der Waals surface area (Å²) in [5.41, 5.74) is 1.72. The minimum absolute atomic E-state index is 0.0473. The third-order valence-corrected chi connectivity index (χ3v) is 6.13. The molecular formula is C19H25N3O5S. The molecule has 0 fully saturated rings. The van der Waals surface area contributed by atoms with Gasteiger partial charge in [-0.15, -0.1) is 0 Å². The van der Waals surface area contributed by atoms with Crippen LogP contribution in [0, 0.1) is 6.92 Å². The molecule has 0 aliphatic carbocycles. The number of sulfonamides is 1. The van der Waals surface area contributed by atoms with E-state index in [1.165, 1.54) is 17.6 Å². The summed E-state index contributed by atoms with van der Waals surface area (Å²) in [6, 6.07) is 8.18. The quantitative estimate of drug-likeness (QED) is 0.620. The van der Waals surface area contributed by atoms with Crippen LogP contribution in [0.2, 0.25) is 0 Å². The van der Waals surface area contributed by atoms with Crippen LogP contribution in [0.3, 0.4) is 0 Å². The molecule has 2 rings (SSSR count). The molecule has 0 unspecified atom stereocenters. The Morgan fingerprint density at radius 1 is 1.18 bits per heavy atom. The monoisotopic (exact) mass is 407 g/mol. The second-order valence-corrected chi connectivity index (χ2v) is 8.66. The fourth-order valence-corrected chi connectivity index (χ4v) is 3.30. The third kappa shape index (κ3) is 5.67. The van der Waals surface area contributed by atoms with Gasteiger partial charge in [-0.1, -0.05) is 6.07 Å². The molecule has 2 N–H and O–H groups in total. The zero-order valence-corrected chi connectivity index (χ0v) is 17.0. The molecule has 8 nitrogen and oxygen atoms in total. The Hall–Kier alpha value is -2.65. The van der Waals surface area contributed by atoms with Crippen molar-refractivity contribution in [2.75, 3.05) is 31.2 Å². The lowest BCUT2D eigenvalue weighted by atomic mass is 10.1. The number of anilines is 1. The number of hydrogen-bond donors (Lipinski definition) is 2. The van der Waals surface area contributed by atoms with Gasteiger partial charge in [-0.05, 0) is 50.1 Å². The molecular weight excluding hydrogens is 382 g/mol. The van der Waals surface area contributed by atoms with Crippen LogP contribution in [0.4, 0.5) is 5.69 Å². The smallest absolute Gasteiger partial charge is 0.291 e. The summed E-state index contributed by atoms with van der Waals surface area (Å²) in [5, 5.41) is 5.49. The Kier molecular flexibility index (Phi) is 7.36. The molecule has 2 aromatic rings. The first-order valence-electron chi connectivity index (χ1n) is 8.92. The van der Waals surface area contributed by atoms with E-state index in [9.17, 15) is 18.0 Å². The summed E-state index contributed by atoms with van der Waals surface area (Å²) in [6.45, 7) is 4.08. The highest BCUT2D eigenvalue weighted by molar-refractivity contribution is 7.89. The van der Waals surface area contributed by atoms with Gasteiger partial charge in [0.1, 0.15) is 0 Å². The van der Waals surface area contributed by atoms with Crippen molar-refractivity contribution < 1.29 is 22.4 Å². The molecule has 9 heteroatoms. The molecule has 0 saturated heterocycles. The molecule has 0 radical (unpaired) electrons. The molecule has 0 bridgehead atoms. The first-order chi connectivity index (χ1) is 13.2. The average Bonchev–Trinajstić information content (AvgIpc) is 3.21. The summed E-state index contributed by atoms with van der Waals surface area (Å²) in [7, 11) is -1.70. The van der Waals surface area contributed by atoms with Crippen LogP contribution in [0.1, 0.15) is 39.8 Å². The zero-order valence-electron chi connectivity index (χ0n) is 16.2. The molecule has 0 atom stereocenters. The molecule has 0 spiro atoms. The molecule has 1 aromatic heterocycles. The molecule has 0 aliphatic rings. The third-order valence-electron chi connectivity index (χ3n) is 4.27. The Bertz CT molecular complexity index is 923. The van der Waals surface area contributed by atoms with Gasteiger partial charge in [0, 0.05) is 31.4 Å². The predicted molar refractivity (Wildman–Crippen MR) is 107 cm³/mol. The molecule has 2 amide bonds.